The molecule has 7 heteroatoms. The maximum atomic E-state index is 12.3. The molecule has 112 valence electrons. The molecule has 0 saturated heterocycles. The summed E-state index contributed by atoms with van der Waals surface area (Å²) in [4.78, 5) is 3.98. The summed E-state index contributed by atoms with van der Waals surface area (Å²) < 4.78 is 31.3. The molecule has 3 rings (SSSR count). The molecule has 0 aliphatic heterocycles. The van der Waals surface area contributed by atoms with Crippen molar-refractivity contribution in [2.75, 3.05) is 0 Å². The Morgan fingerprint density at radius 1 is 1.09 bits per heavy atom. The molecule has 1 heterocycles. The normalized spacial score (nSPS) is 11.3. The van der Waals surface area contributed by atoms with Gasteiger partial charge in [0.15, 0.2) is 0 Å². The highest BCUT2D eigenvalue weighted by atomic mass is 32.2. The van der Waals surface area contributed by atoms with Crippen LogP contribution in [0.15, 0.2) is 66.1 Å². The Balaban J connectivity index is 1.91. The van der Waals surface area contributed by atoms with Gasteiger partial charge in [-0.15, -0.1) is 0 Å². The molecule has 0 saturated carbocycles. The van der Waals surface area contributed by atoms with Crippen molar-refractivity contribution in [3.8, 4) is 11.4 Å². The van der Waals surface area contributed by atoms with E-state index >= 15 is 0 Å². The molecule has 3 aromatic rings. The Labute approximate surface area is 128 Å². The molecular formula is C15H13N3O3S. The SMILES string of the molecule is Cc1cccc(S(=O)(=O)Oc2cccc(-n3cncn3)c2)c1. The third kappa shape index (κ3) is 2.99. The topological polar surface area (TPSA) is 74.1 Å². The van der Waals surface area contributed by atoms with Crippen LogP contribution in [0.2, 0.25) is 0 Å². The first-order valence-corrected chi connectivity index (χ1v) is 7.92. The Kier molecular flexibility index (Phi) is 3.64. The van der Waals surface area contributed by atoms with E-state index in [0.29, 0.717) is 5.69 Å². The summed E-state index contributed by atoms with van der Waals surface area (Å²) in [7, 11) is -3.87. The number of nitrogens with zero attached hydrogens (tertiary/aromatic N) is 3. The van der Waals surface area contributed by atoms with Gasteiger partial charge in [0.1, 0.15) is 23.3 Å². The van der Waals surface area contributed by atoms with Crippen LogP contribution in [0, 0.1) is 6.92 Å². The zero-order valence-corrected chi connectivity index (χ0v) is 12.6. The van der Waals surface area contributed by atoms with Crippen molar-refractivity contribution in [1.29, 1.82) is 0 Å². The molecule has 0 aliphatic rings. The van der Waals surface area contributed by atoms with Gasteiger partial charge in [-0.3, -0.25) is 0 Å². The lowest BCUT2D eigenvalue weighted by molar-refractivity contribution is 0.486. The average Bonchev–Trinajstić information content (AvgIpc) is 3.01. The number of aryl methyl sites for hydroxylation is 1. The first kappa shape index (κ1) is 14.3. The molecule has 0 radical (unpaired) electrons. The van der Waals surface area contributed by atoms with E-state index in [9.17, 15) is 8.42 Å². The van der Waals surface area contributed by atoms with Crippen molar-refractivity contribution in [1.82, 2.24) is 14.8 Å². The molecule has 0 unspecified atom stereocenters. The van der Waals surface area contributed by atoms with Crippen LogP contribution in [0.4, 0.5) is 0 Å². The number of hydrogen-bond acceptors (Lipinski definition) is 5. The number of hydrogen-bond donors (Lipinski definition) is 0. The quantitative estimate of drug-likeness (QED) is 0.691. The fourth-order valence-corrected chi connectivity index (χ4v) is 2.99. The third-order valence-corrected chi connectivity index (χ3v) is 4.23. The van der Waals surface area contributed by atoms with E-state index in [1.807, 2.05) is 13.0 Å². The minimum atomic E-state index is -3.87. The van der Waals surface area contributed by atoms with Crippen LogP contribution in [0.3, 0.4) is 0 Å². The molecule has 0 bridgehead atoms. The van der Waals surface area contributed by atoms with Gasteiger partial charge in [0, 0.05) is 6.07 Å². The van der Waals surface area contributed by atoms with Gasteiger partial charge in [0.05, 0.1) is 5.69 Å². The molecular weight excluding hydrogens is 302 g/mol. The zero-order chi connectivity index (χ0) is 15.6. The van der Waals surface area contributed by atoms with E-state index in [-0.39, 0.29) is 10.6 Å². The number of rotatable bonds is 4. The Morgan fingerprint density at radius 3 is 2.64 bits per heavy atom. The smallest absolute Gasteiger partial charge is 0.339 e. The maximum Gasteiger partial charge on any atom is 0.339 e. The summed E-state index contributed by atoms with van der Waals surface area (Å²) in [6, 6.07) is 13.2. The predicted octanol–water partition coefficient (Wildman–Crippen LogP) is 2.34. The Bertz CT molecular complexity index is 890. The van der Waals surface area contributed by atoms with Crippen molar-refractivity contribution in [3.05, 3.63) is 66.7 Å². The minimum Gasteiger partial charge on any atom is -0.379 e. The largest absolute Gasteiger partial charge is 0.379 e. The fourth-order valence-electron chi connectivity index (χ4n) is 1.97. The van der Waals surface area contributed by atoms with E-state index in [1.165, 1.54) is 23.4 Å². The van der Waals surface area contributed by atoms with E-state index in [4.69, 9.17) is 4.18 Å². The van der Waals surface area contributed by atoms with Crippen LogP contribution in [0.5, 0.6) is 5.75 Å². The average molecular weight is 315 g/mol. The van der Waals surface area contributed by atoms with Crippen molar-refractivity contribution in [2.45, 2.75) is 11.8 Å². The maximum absolute atomic E-state index is 12.3. The summed E-state index contributed by atoms with van der Waals surface area (Å²) in [5, 5.41) is 3.99. The Hall–Kier alpha value is -2.67. The van der Waals surface area contributed by atoms with Crippen LogP contribution in [0.1, 0.15) is 5.56 Å². The molecule has 22 heavy (non-hydrogen) atoms. The summed E-state index contributed by atoms with van der Waals surface area (Å²) in [6.07, 6.45) is 2.92. The highest BCUT2D eigenvalue weighted by Gasteiger charge is 2.17. The lowest BCUT2D eigenvalue weighted by Gasteiger charge is -2.09. The summed E-state index contributed by atoms with van der Waals surface area (Å²) in [5.74, 6) is 0.217. The molecule has 0 atom stereocenters. The van der Waals surface area contributed by atoms with Crippen molar-refractivity contribution in [3.63, 3.8) is 0 Å². The van der Waals surface area contributed by atoms with Crippen molar-refractivity contribution >= 4 is 10.1 Å². The van der Waals surface area contributed by atoms with Gasteiger partial charge in [0.2, 0.25) is 0 Å². The number of benzene rings is 2. The molecule has 6 nitrogen and oxygen atoms in total. The van der Waals surface area contributed by atoms with Crippen molar-refractivity contribution in [2.24, 2.45) is 0 Å². The van der Waals surface area contributed by atoms with E-state index < -0.39 is 10.1 Å². The summed E-state index contributed by atoms with van der Waals surface area (Å²) in [6.45, 7) is 1.82. The van der Waals surface area contributed by atoms with Gasteiger partial charge in [-0.25, -0.2) is 9.67 Å². The summed E-state index contributed by atoms with van der Waals surface area (Å²) >= 11 is 0. The van der Waals surface area contributed by atoms with Crippen LogP contribution >= 0.6 is 0 Å². The molecule has 2 aromatic carbocycles. The first-order valence-electron chi connectivity index (χ1n) is 6.51. The molecule has 0 fully saturated rings. The van der Waals surface area contributed by atoms with E-state index in [1.54, 1.807) is 36.4 Å². The van der Waals surface area contributed by atoms with Crippen molar-refractivity contribution < 1.29 is 12.6 Å². The van der Waals surface area contributed by atoms with Gasteiger partial charge in [-0.05, 0) is 36.8 Å². The highest BCUT2D eigenvalue weighted by molar-refractivity contribution is 7.87. The van der Waals surface area contributed by atoms with Gasteiger partial charge in [-0.1, -0.05) is 18.2 Å². The lowest BCUT2D eigenvalue weighted by Crippen LogP contribution is -2.10. The second-order valence-electron chi connectivity index (χ2n) is 4.69. The third-order valence-electron chi connectivity index (χ3n) is 2.99. The molecule has 1 aromatic heterocycles. The molecule has 0 amide bonds. The molecule has 0 N–H and O–H groups in total. The fraction of sp³-hybridized carbons (Fsp3) is 0.0667. The summed E-state index contributed by atoms with van der Waals surface area (Å²) in [5.41, 5.74) is 1.51. The molecule has 0 spiro atoms. The van der Waals surface area contributed by atoms with E-state index in [0.717, 1.165) is 5.56 Å². The van der Waals surface area contributed by atoms with Crippen LogP contribution in [0.25, 0.3) is 5.69 Å². The first-order chi connectivity index (χ1) is 10.5. The van der Waals surface area contributed by atoms with E-state index in [2.05, 4.69) is 10.1 Å². The van der Waals surface area contributed by atoms with Crippen LogP contribution in [-0.2, 0) is 10.1 Å². The minimum absolute atomic E-state index is 0.124. The second kappa shape index (κ2) is 5.61. The lowest BCUT2D eigenvalue weighted by atomic mass is 10.2. The zero-order valence-electron chi connectivity index (χ0n) is 11.7. The monoisotopic (exact) mass is 315 g/mol. The Morgan fingerprint density at radius 2 is 1.91 bits per heavy atom. The van der Waals surface area contributed by atoms with Gasteiger partial charge in [0.25, 0.3) is 0 Å². The number of aromatic nitrogens is 3. The van der Waals surface area contributed by atoms with Gasteiger partial charge < -0.3 is 4.18 Å². The highest BCUT2D eigenvalue weighted by Crippen LogP contribution is 2.21. The van der Waals surface area contributed by atoms with Crippen LogP contribution < -0.4 is 4.18 Å². The second-order valence-corrected chi connectivity index (χ2v) is 6.24. The van der Waals surface area contributed by atoms with Crippen LogP contribution in [-0.4, -0.2) is 23.2 Å². The standard InChI is InChI=1S/C15H13N3O3S/c1-12-4-2-7-15(8-12)22(19,20)21-14-6-3-5-13(9-14)18-11-16-10-17-18/h2-11H,1H3. The molecule has 0 aliphatic carbocycles. The van der Waals surface area contributed by atoms with Gasteiger partial charge >= 0.3 is 10.1 Å². The predicted molar refractivity (Wildman–Crippen MR) is 80.4 cm³/mol. The van der Waals surface area contributed by atoms with Gasteiger partial charge in [-0.2, -0.15) is 13.5 Å².